The van der Waals surface area contributed by atoms with Crippen LogP contribution in [0.2, 0.25) is 0 Å². The number of amides is 1. The number of likely N-dealkylation sites (tertiary alicyclic amines) is 1. The number of nitrogens with two attached hydrogens (primary N) is 1. The van der Waals surface area contributed by atoms with Gasteiger partial charge in [-0.25, -0.2) is 0 Å². The molecular formula is C14H20N2O. The van der Waals surface area contributed by atoms with Crippen LogP contribution in [0, 0.1) is 0 Å². The first-order chi connectivity index (χ1) is 8.22. The van der Waals surface area contributed by atoms with Crippen LogP contribution >= 0.6 is 0 Å². The Bertz CT molecular complexity index is 403. The molecule has 1 unspecified atom stereocenters. The van der Waals surface area contributed by atoms with Gasteiger partial charge in [-0.2, -0.15) is 0 Å². The lowest BCUT2D eigenvalue weighted by Gasteiger charge is -2.25. The molecule has 1 saturated heterocycles. The third kappa shape index (κ3) is 2.60. The van der Waals surface area contributed by atoms with E-state index in [1.165, 1.54) is 5.56 Å². The van der Waals surface area contributed by atoms with E-state index in [9.17, 15) is 4.79 Å². The summed E-state index contributed by atoms with van der Waals surface area (Å²) in [7, 11) is 0. The van der Waals surface area contributed by atoms with Crippen molar-refractivity contribution in [2.24, 2.45) is 0 Å². The summed E-state index contributed by atoms with van der Waals surface area (Å²) in [5.74, 6) is 0.275. The number of rotatable bonds is 3. The number of anilines is 1. The zero-order valence-electron chi connectivity index (χ0n) is 10.4. The van der Waals surface area contributed by atoms with Crippen LogP contribution in [-0.2, 0) is 4.79 Å². The van der Waals surface area contributed by atoms with Crippen LogP contribution in [0.5, 0.6) is 0 Å². The zero-order valence-corrected chi connectivity index (χ0v) is 10.4. The van der Waals surface area contributed by atoms with Crippen LogP contribution in [0.25, 0.3) is 0 Å². The smallest absolute Gasteiger partial charge is 0.223 e. The maximum absolute atomic E-state index is 12.0. The lowest BCUT2D eigenvalue weighted by atomic mass is 10.0. The summed E-state index contributed by atoms with van der Waals surface area (Å²) >= 11 is 0. The summed E-state index contributed by atoms with van der Waals surface area (Å²) in [6.45, 7) is 2.93. The molecule has 1 aliphatic heterocycles. The average Bonchev–Trinajstić information content (AvgIpc) is 2.78. The molecule has 92 valence electrons. The molecule has 0 radical (unpaired) electrons. The summed E-state index contributed by atoms with van der Waals surface area (Å²) in [5.41, 5.74) is 7.75. The summed E-state index contributed by atoms with van der Waals surface area (Å²) in [5, 5.41) is 0. The van der Waals surface area contributed by atoms with Crippen molar-refractivity contribution in [2.45, 2.75) is 38.6 Å². The lowest BCUT2D eigenvalue weighted by Crippen LogP contribution is -2.30. The molecule has 1 fully saturated rings. The molecule has 3 heteroatoms. The van der Waals surface area contributed by atoms with E-state index in [1.54, 1.807) is 0 Å². The van der Waals surface area contributed by atoms with Crippen molar-refractivity contribution in [3.63, 3.8) is 0 Å². The fraction of sp³-hybridized carbons (Fsp3) is 0.500. The molecule has 1 atom stereocenters. The van der Waals surface area contributed by atoms with Gasteiger partial charge in [-0.3, -0.25) is 4.79 Å². The highest BCUT2D eigenvalue weighted by molar-refractivity contribution is 5.77. The fourth-order valence-electron chi connectivity index (χ4n) is 2.54. The highest BCUT2D eigenvalue weighted by atomic mass is 16.2. The Kier molecular flexibility index (Phi) is 3.67. The number of hydrogen-bond acceptors (Lipinski definition) is 2. The van der Waals surface area contributed by atoms with Gasteiger partial charge in [0.15, 0.2) is 0 Å². The molecule has 2 N–H and O–H groups in total. The Morgan fingerprint density at radius 2 is 2.35 bits per heavy atom. The van der Waals surface area contributed by atoms with Crippen molar-refractivity contribution in [3.8, 4) is 0 Å². The number of nitrogen functional groups attached to an aromatic ring is 1. The van der Waals surface area contributed by atoms with E-state index >= 15 is 0 Å². The van der Waals surface area contributed by atoms with Crippen molar-refractivity contribution >= 4 is 11.6 Å². The monoisotopic (exact) mass is 232 g/mol. The van der Waals surface area contributed by atoms with Crippen LogP contribution < -0.4 is 5.73 Å². The summed E-state index contributed by atoms with van der Waals surface area (Å²) in [6.07, 6.45) is 3.71. The molecule has 1 aromatic carbocycles. The summed E-state index contributed by atoms with van der Waals surface area (Å²) in [4.78, 5) is 14.0. The Morgan fingerprint density at radius 1 is 1.53 bits per heavy atom. The fourth-order valence-corrected chi connectivity index (χ4v) is 2.54. The number of carbonyl (C=O) groups excluding carboxylic acids is 1. The van der Waals surface area contributed by atoms with Crippen LogP contribution in [-0.4, -0.2) is 17.4 Å². The second-order valence-electron chi connectivity index (χ2n) is 4.67. The molecule has 0 aliphatic carbocycles. The van der Waals surface area contributed by atoms with E-state index in [0.717, 1.165) is 31.5 Å². The third-order valence-electron chi connectivity index (χ3n) is 3.33. The number of nitrogens with zero attached hydrogens (tertiary/aromatic N) is 1. The maximum atomic E-state index is 12.0. The van der Waals surface area contributed by atoms with E-state index in [2.05, 4.69) is 6.07 Å². The van der Waals surface area contributed by atoms with Crippen molar-refractivity contribution in [1.82, 2.24) is 4.90 Å². The lowest BCUT2D eigenvalue weighted by molar-refractivity contribution is -0.132. The molecular weight excluding hydrogens is 212 g/mol. The maximum Gasteiger partial charge on any atom is 0.223 e. The van der Waals surface area contributed by atoms with Crippen LogP contribution in [0.3, 0.4) is 0 Å². The third-order valence-corrected chi connectivity index (χ3v) is 3.33. The van der Waals surface area contributed by atoms with Gasteiger partial charge in [-0.15, -0.1) is 0 Å². The van der Waals surface area contributed by atoms with Gasteiger partial charge in [-0.05, 0) is 37.0 Å². The molecule has 0 saturated carbocycles. The van der Waals surface area contributed by atoms with Gasteiger partial charge in [0.05, 0.1) is 6.04 Å². The molecule has 0 spiro atoms. The molecule has 1 aliphatic rings. The van der Waals surface area contributed by atoms with Gasteiger partial charge in [0.1, 0.15) is 0 Å². The molecule has 2 rings (SSSR count). The SMILES string of the molecule is CCCC(=O)N1CCCC1c1cccc(N)c1. The van der Waals surface area contributed by atoms with E-state index < -0.39 is 0 Å². The predicted octanol–water partition coefficient (Wildman–Crippen LogP) is 2.73. The van der Waals surface area contributed by atoms with Crippen LogP contribution in [0.4, 0.5) is 5.69 Å². The van der Waals surface area contributed by atoms with Crippen LogP contribution in [0.15, 0.2) is 24.3 Å². The van der Waals surface area contributed by atoms with Crippen molar-refractivity contribution in [3.05, 3.63) is 29.8 Å². The predicted molar refractivity (Wildman–Crippen MR) is 69.5 cm³/mol. The minimum absolute atomic E-state index is 0.234. The van der Waals surface area contributed by atoms with E-state index in [-0.39, 0.29) is 11.9 Å². The van der Waals surface area contributed by atoms with Crippen LogP contribution in [0.1, 0.15) is 44.2 Å². The standard InChI is InChI=1S/C14H20N2O/c1-2-5-14(17)16-9-4-8-13(16)11-6-3-7-12(15)10-11/h3,6-7,10,13H,2,4-5,8-9,15H2,1H3. The molecule has 3 nitrogen and oxygen atoms in total. The highest BCUT2D eigenvalue weighted by Gasteiger charge is 2.29. The summed E-state index contributed by atoms with van der Waals surface area (Å²) < 4.78 is 0. The van der Waals surface area contributed by atoms with Gasteiger partial charge < -0.3 is 10.6 Å². The Balaban J connectivity index is 2.17. The number of hydrogen-bond donors (Lipinski definition) is 1. The highest BCUT2D eigenvalue weighted by Crippen LogP contribution is 2.33. The van der Waals surface area contributed by atoms with Gasteiger partial charge in [-0.1, -0.05) is 19.1 Å². The first kappa shape index (κ1) is 12.0. The molecule has 1 heterocycles. The van der Waals surface area contributed by atoms with Crippen molar-refractivity contribution in [1.29, 1.82) is 0 Å². The summed E-state index contributed by atoms with van der Waals surface area (Å²) in [6, 6.07) is 8.14. The topological polar surface area (TPSA) is 46.3 Å². The van der Waals surface area contributed by atoms with Gasteiger partial charge in [0, 0.05) is 18.7 Å². The van der Waals surface area contributed by atoms with E-state index in [1.807, 2.05) is 30.0 Å². The number of benzene rings is 1. The molecule has 17 heavy (non-hydrogen) atoms. The quantitative estimate of drug-likeness (QED) is 0.814. The Morgan fingerprint density at radius 3 is 3.06 bits per heavy atom. The largest absolute Gasteiger partial charge is 0.399 e. The van der Waals surface area contributed by atoms with Gasteiger partial charge in [0.2, 0.25) is 5.91 Å². The Labute approximate surface area is 103 Å². The first-order valence-electron chi connectivity index (χ1n) is 6.37. The molecule has 1 aromatic rings. The second kappa shape index (κ2) is 5.21. The van der Waals surface area contributed by atoms with Gasteiger partial charge >= 0.3 is 0 Å². The minimum atomic E-state index is 0.234. The second-order valence-corrected chi connectivity index (χ2v) is 4.67. The molecule has 1 amide bonds. The normalized spacial score (nSPS) is 19.6. The average molecular weight is 232 g/mol. The van der Waals surface area contributed by atoms with Gasteiger partial charge in [0.25, 0.3) is 0 Å². The molecule has 0 bridgehead atoms. The Hall–Kier alpha value is -1.51. The minimum Gasteiger partial charge on any atom is -0.399 e. The van der Waals surface area contributed by atoms with Crippen molar-refractivity contribution < 1.29 is 4.79 Å². The number of carbonyl (C=O) groups is 1. The first-order valence-corrected chi connectivity index (χ1v) is 6.37. The zero-order chi connectivity index (χ0) is 12.3. The molecule has 0 aromatic heterocycles. The van der Waals surface area contributed by atoms with Crippen molar-refractivity contribution in [2.75, 3.05) is 12.3 Å². The van der Waals surface area contributed by atoms with E-state index in [4.69, 9.17) is 5.73 Å². The van der Waals surface area contributed by atoms with E-state index in [0.29, 0.717) is 6.42 Å².